The summed E-state index contributed by atoms with van der Waals surface area (Å²) >= 11 is 1.69. The Balaban J connectivity index is 0.00000225. The van der Waals surface area contributed by atoms with Crippen LogP contribution in [-0.4, -0.2) is 49.6 Å². The van der Waals surface area contributed by atoms with Crippen molar-refractivity contribution in [3.63, 3.8) is 0 Å². The number of amides is 2. The van der Waals surface area contributed by atoms with Crippen LogP contribution in [0.15, 0.2) is 47.2 Å². The van der Waals surface area contributed by atoms with Crippen LogP contribution in [0.4, 0.5) is 4.79 Å². The molecule has 0 saturated carbocycles. The van der Waals surface area contributed by atoms with Gasteiger partial charge in [0.1, 0.15) is 0 Å². The summed E-state index contributed by atoms with van der Waals surface area (Å²) in [4.78, 5) is 16.6. The Labute approximate surface area is 160 Å². The molecule has 0 aliphatic carbocycles. The first-order valence-corrected chi connectivity index (χ1v) is 9.35. The number of nitrogens with zero attached hydrogens (tertiary/aromatic N) is 2. The Kier molecular flexibility index (Phi) is 7.29. The number of rotatable bonds is 5. The van der Waals surface area contributed by atoms with Gasteiger partial charge in [-0.3, -0.25) is 0 Å². The van der Waals surface area contributed by atoms with E-state index < -0.39 is 0 Å². The molecular weight excluding hydrogens is 354 g/mol. The lowest BCUT2D eigenvalue weighted by Crippen LogP contribution is -2.42. The smallest absolute Gasteiger partial charge is 0.317 e. The minimum atomic E-state index is 0. The predicted octanol–water partition coefficient (Wildman–Crippen LogP) is 3.97. The van der Waals surface area contributed by atoms with E-state index in [2.05, 4.69) is 65.4 Å². The summed E-state index contributed by atoms with van der Waals surface area (Å²) in [5.74, 6) is 0.457. The molecule has 1 N–H and O–H groups in total. The molecule has 2 atom stereocenters. The average molecular weight is 380 g/mol. The third-order valence-corrected chi connectivity index (χ3v) is 5.45. The third kappa shape index (κ3) is 4.97. The fourth-order valence-corrected chi connectivity index (χ4v) is 4.01. The van der Waals surface area contributed by atoms with E-state index in [1.165, 1.54) is 11.1 Å². The van der Waals surface area contributed by atoms with Gasteiger partial charge in [-0.2, -0.15) is 11.3 Å². The molecule has 4 nitrogen and oxygen atoms in total. The third-order valence-electron chi connectivity index (χ3n) is 4.74. The molecule has 1 fully saturated rings. The number of carbonyl (C=O) groups is 1. The van der Waals surface area contributed by atoms with Crippen molar-refractivity contribution in [3.05, 3.63) is 58.3 Å². The molecule has 2 amide bonds. The number of hydrogen-bond acceptors (Lipinski definition) is 3. The fourth-order valence-electron chi connectivity index (χ4n) is 3.30. The van der Waals surface area contributed by atoms with Gasteiger partial charge in [0.25, 0.3) is 0 Å². The molecular formula is C19H26ClN3OS. The summed E-state index contributed by atoms with van der Waals surface area (Å²) in [6, 6.07) is 12.9. The average Bonchev–Trinajstić information content (AvgIpc) is 3.27. The van der Waals surface area contributed by atoms with E-state index in [0.29, 0.717) is 12.5 Å². The second-order valence-electron chi connectivity index (χ2n) is 6.56. The van der Waals surface area contributed by atoms with E-state index in [-0.39, 0.29) is 24.5 Å². The summed E-state index contributed by atoms with van der Waals surface area (Å²) in [6.45, 7) is 2.27. The zero-order valence-electron chi connectivity index (χ0n) is 14.7. The number of nitrogens with one attached hydrogen (secondary N) is 1. The maximum absolute atomic E-state index is 12.5. The lowest BCUT2D eigenvalue weighted by atomic mass is 9.99. The SMILES string of the molecule is CN(C)C(CNC(=O)N1CC[C@@H](c2ccccc2)C1)c1ccsc1.Cl. The van der Waals surface area contributed by atoms with Crippen LogP contribution in [-0.2, 0) is 0 Å². The zero-order valence-corrected chi connectivity index (χ0v) is 16.4. The van der Waals surface area contributed by atoms with E-state index >= 15 is 0 Å². The van der Waals surface area contributed by atoms with Gasteiger partial charge >= 0.3 is 6.03 Å². The number of likely N-dealkylation sites (tertiary alicyclic amines) is 1. The summed E-state index contributed by atoms with van der Waals surface area (Å²) in [5, 5.41) is 7.35. The van der Waals surface area contributed by atoms with Crippen molar-refractivity contribution >= 4 is 29.8 Å². The van der Waals surface area contributed by atoms with E-state index in [9.17, 15) is 4.79 Å². The summed E-state index contributed by atoms with van der Waals surface area (Å²) in [7, 11) is 4.10. The van der Waals surface area contributed by atoms with Crippen LogP contribution in [0, 0.1) is 0 Å². The molecule has 1 aliphatic heterocycles. The topological polar surface area (TPSA) is 35.6 Å². The Hall–Kier alpha value is -1.56. The number of halogens is 1. The highest BCUT2D eigenvalue weighted by Gasteiger charge is 2.27. The van der Waals surface area contributed by atoms with Crippen molar-refractivity contribution in [2.24, 2.45) is 0 Å². The highest BCUT2D eigenvalue weighted by Crippen LogP contribution is 2.27. The fraction of sp³-hybridized carbons (Fsp3) is 0.421. The van der Waals surface area contributed by atoms with E-state index in [0.717, 1.165) is 19.5 Å². The molecule has 6 heteroatoms. The molecule has 1 unspecified atom stereocenters. The van der Waals surface area contributed by atoms with E-state index in [4.69, 9.17) is 0 Å². The van der Waals surface area contributed by atoms with Crippen LogP contribution in [0.25, 0.3) is 0 Å². The molecule has 2 heterocycles. The second kappa shape index (κ2) is 9.22. The van der Waals surface area contributed by atoms with Crippen molar-refractivity contribution in [1.29, 1.82) is 0 Å². The quantitative estimate of drug-likeness (QED) is 0.853. The molecule has 0 radical (unpaired) electrons. The van der Waals surface area contributed by atoms with Crippen molar-refractivity contribution in [1.82, 2.24) is 15.1 Å². The molecule has 2 aromatic rings. The second-order valence-corrected chi connectivity index (χ2v) is 7.34. The molecule has 0 spiro atoms. The van der Waals surface area contributed by atoms with Crippen molar-refractivity contribution in [2.45, 2.75) is 18.4 Å². The van der Waals surface area contributed by atoms with Crippen molar-refractivity contribution in [3.8, 4) is 0 Å². The molecule has 136 valence electrons. The summed E-state index contributed by atoms with van der Waals surface area (Å²) in [5.41, 5.74) is 2.59. The van der Waals surface area contributed by atoms with Crippen molar-refractivity contribution in [2.75, 3.05) is 33.7 Å². The van der Waals surface area contributed by atoms with Crippen LogP contribution >= 0.6 is 23.7 Å². The predicted molar refractivity (Wildman–Crippen MR) is 107 cm³/mol. The van der Waals surface area contributed by atoms with Crippen LogP contribution in [0.3, 0.4) is 0 Å². The summed E-state index contributed by atoms with van der Waals surface area (Å²) in [6.07, 6.45) is 1.04. The Morgan fingerprint density at radius 3 is 2.72 bits per heavy atom. The van der Waals surface area contributed by atoms with Gasteiger partial charge in [-0.05, 0) is 48.5 Å². The Morgan fingerprint density at radius 2 is 2.08 bits per heavy atom. The lowest BCUT2D eigenvalue weighted by molar-refractivity contribution is 0.202. The summed E-state index contributed by atoms with van der Waals surface area (Å²) < 4.78 is 0. The standard InChI is InChI=1S/C19H25N3OS.ClH/c1-21(2)18(17-9-11-24-14-17)12-20-19(23)22-10-8-16(13-22)15-6-4-3-5-7-15;/h3-7,9,11,14,16,18H,8,10,12-13H2,1-2H3,(H,20,23);1H/t16-,18?;/m1./s1. The van der Waals surface area contributed by atoms with Crippen molar-refractivity contribution < 1.29 is 4.79 Å². The molecule has 1 aliphatic rings. The minimum Gasteiger partial charge on any atom is -0.336 e. The maximum Gasteiger partial charge on any atom is 0.317 e. The number of benzene rings is 1. The largest absolute Gasteiger partial charge is 0.336 e. The Bertz CT molecular complexity index is 648. The van der Waals surface area contributed by atoms with Crippen LogP contribution in [0.2, 0.25) is 0 Å². The molecule has 1 saturated heterocycles. The number of thiophene rings is 1. The monoisotopic (exact) mass is 379 g/mol. The number of hydrogen-bond donors (Lipinski definition) is 1. The van der Waals surface area contributed by atoms with Gasteiger partial charge in [-0.1, -0.05) is 30.3 Å². The van der Waals surface area contributed by atoms with Gasteiger partial charge in [-0.15, -0.1) is 12.4 Å². The van der Waals surface area contributed by atoms with Gasteiger partial charge in [0, 0.05) is 25.6 Å². The molecule has 0 bridgehead atoms. The van der Waals surface area contributed by atoms with Gasteiger partial charge in [0.15, 0.2) is 0 Å². The van der Waals surface area contributed by atoms with Gasteiger partial charge in [-0.25, -0.2) is 4.79 Å². The Morgan fingerprint density at radius 1 is 1.32 bits per heavy atom. The normalized spacial score (nSPS) is 18.0. The molecule has 25 heavy (non-hydrogen) atoms. The van der Waals surface area contributed by atoms with E-state index in [1.807, 2.05) is 11.0 Å². The number of urea groups is 1. The first-order chi connectivity index (χ1) is 11.6. The molecule has 1 aromatic carbocycles. The van der Waals surface area contributed by atoms with E-state index in [1.54, 1.807) is 11.3 Å². The number of likely N-dealkylation sites (N-methyl/N-ethyl adjacent to an activating group) is 1. The lowest BCUT2D eigenvalue weighted by Gasteiger charge is -2.25. The molecule has 1 aromatic heterocycles. The molecule has 3 rings (SSSR count). The van der Waals surface area contributed by atoms with Gasteiger partial charge in [0.05, 0.1) is 6.04 Å². The van der Waals surface area contributed by atoms with Gasteiger partial charge < -0.3 is 15.1 Å². The van der Waals surface area contributed by atoms with Crippen LogP contribution < -0.4 is 5.32 Å². The van der Waals surface area contributed by atoms with Crippen LogP contribution in [0.5, 0.6) is 0 Å². The van der Waals surface area contributed by atoms with Gasteiger partial charge in [0.2, 0.25) is 0 Å². The zero-order chi connectivity index (χ0) is 16.9. The first-order valence-electron chi connectivity index (χ1n) is 8.41. The first kappa shape index (κ1) is 19.8. The highest BCUT2D eigenvalue weighted by molar-refractivity contribution is 7.07. The minimum absolute atomic E-state index is 0. The maximum atomic E-state index is 12.5. The highest BCUT2D eigenvalue weighted by atomic mass is 35.5. The number of carbonyl (C=O) groups excluding carboxylic acids is 1. The van der Waals surface area contributed by atoms with Crippen LogP contribution in [0.1, 0.15) is 29.5 Å².